The molecule has 0 saturated heterocycles. The first-order valence-corrected chi connectivity index (χ1v) is 8.22. The van der Waals surface area contributed by atoms with E-state index in [1.54, 1.807) is 0 Å². The number of nitrogens with two attached hydrogens (primary N) is 1. The number of carbonyl (C=O) groups excluding carboxylic acids is 1. The topological polar surface area (TPSA) is 64.4 Å². The van der Waals surface area contributed by atoms with E-state index in [2.05, 4.69) is 41.2 Å². The van der Waals surface area contributed by atoms with Crippen molar-refractivity contribution in [2.75, 3.05) is 13.2 Å². The molecule has 0 spiro atoms. The molecule has 0 saturated carbocycles. The Bertz CT molecular complexity index is 517. The molecule has 2 rings (SSSR count). The molecule has 0 bridgehead atoms. The normalized spacial score (nSPS) is 14.7. The van der Waals surface area contributed by atoms with E-state index in [-0.39, 0.29) is 11.8 Å². The van der Waals surface area contributed by atoms with Gasteiger partial charge in [-0.25, -0.2) is 0 Å². The SMILES string of the molecule is CC(C)CC(CN)C(=O)NCc1cc(Br)cc2c1OCC2. The summed E-state index contributed by atoms with van der Waals surface area (Å²) in [6, 6.07) is 4.08. The number of ether oxygens (including phenoxy) is 1. The van der Waals surface area contributed by atoms with Crippen LogP contribution in [0.1, 0.15) is 31.4 Å². The van der Waals surface area contributed by atoms with Crippen LogP contribution in [-0.2, 0) is 17.8 Å². The largest absolute Gasteiger partial charge is 0.493 e. The Labute approximate surface area is 134 Å². The van der Waals surface area contributed by atoms with Gasteiger partial charge in [0.15, 0.2) is 0 Å². The Kier molecular flexibility index (Phi) is 5.65. The Hall–Kier alpha value is -1.07. The molecule has 1 unspecified atom stereocenters. The minimum Gasteiger partial charge on any atom is -0.493 e. The standard InChI is InChI=1S/C16H23BrN2O2/c1-10(2)5-12(8-18)16(20)19-9-13-7-14(17)6-11-3-4-21-15(11)13/h6-7,10,12H,3-5,8-9,18H2,1-2H3,(H,19,20). The third-order valence-electron chi connectivity index (χ3n) is 3.69. The molecule has 21 heavy (non-hydrogen) atoms. The highest BCUT2D eigenvalue weighted by Gasteiger charge is 2.20. The summed E-state index contributed by atoms with van der Waals surface area (Å²) < 4.78 is 6.69. The fourth-order valence-corrected chi connectivity index (χ4v) is 3.24. The van der Waals surface area contributed by atoms with Gasteiger partial charge in [-0.3, -0.25) is 4.79 Å². The summed E-state index contributed by atoms with van der Waals surface area (Å²) in [6.45, 7) is 5.79. The Balaban J connectivity index is 2.01. The molecule has 0 fully saturated rings. The summed E-state index contributed by atoms with van der Waals surface area (Å²) in [7, 11) is 0. The summed E-state index contributed by atoms with van der Waals surface area (Å²) in [5.74, 6) is 1.29. The lowest BCUT2D eigenvalue weighted by Gasteiger charge is -2.17. The van der Waals surface area contributed by atoms with E-state index in [0.717, 1.165) is 28.6 Å². The van der Waals surface area contributed by atoms with Crippen LogP contribution in [0.25, 0.3) is 0 Å². The van der Waals surface area contributed by atoms with Crippen molar-refractivity contribution in [3.05, 3.63) is 27.7 Å². The van der Waals surface area contributed by atoms with Gasteiger partial charge in [0.05, 0.1) is 12.5 Å². The minimum atomic E-state index is -0.119. The lowest BCUT2D eigenvalue weighted by Crippen LogP contribution is -2.35. The summed E-state index contributed by atoms with van der Waals surface area (Å²) in [5.41, 5.74) is 7.93. The van der Waals surface area contributed by atoms with E-state index in [9.17, 15) is 4.79 Å². The van der Waals surface area contributed by atoms with Crippen LogP contribution < -0.4 is 15.8 Å². The molecule has 1 amide bonds. The molecular weight excluding hydrogens is 332 g/mol. The fourth-order valence-electron chi connectivity index (χ4n) is 2.68. The van der Waals surface area contributed by atoms with Crippen molar-refractivity contribution in [1.29, 1.82) is 0 Å². The molecule has 116 valence electrons. The van der Waals surface area contributed by atoms with Crippen molar-refractivity contribution in [3.8, 4) is 5.75 Å². The van der Waals surface area contributed by atoms with Crippen molar-refractivity contribution < 1.29 is 9.53 Å². The number of hydrogen-bond donors (Lipinski definition) is 2. The third-order valence-corrected chi connectivity index (χ3v) is 4.15. The monoisotopic (exact) mass is 354 g/mol. The second-order valence-electron chi connectivity index (χ2n) is 5.93. The van der Waals surface area contributed by atoms with E-state index in [0.29, 0.717) is 25.6 Å². The van der Waals surface area contributed by atoms with E-state index in [1.807, 2.05) is 6.07 Å². The van der Waals surface area contributed by atoms with Crippen molar-refractivity contribution in [1.82, 2.24) is 5.32 Å². The number of benzene rings is 1. The molecule has 3 N–H and O–H groups in total. The summed E-state index contributed by atoms with van der Waals surface area (Å²) >= 11 is 3.51. The number of carbonyl (C=O) groups is 1. The van der Waals surface area contributed by atoms with Crippen LogP contribution >= 0.6 is 15.9 Å². The summed E-state index contributed by atoms with van der Waals surface area (Å²) in [6.07, 6.45) is 1.74. The predicted molar refractivity (Wildman–Crippen MR) is 87.2 cm³/mol. The van der Waals surface area contributed by atoms with Crippen LogP contribution in [0.15, 0.2) is 16.6 Å². The van der Waals surface area contributed by atoms with Gasteiger partial charge in [-0.1, -0.05) is 29.8 Å². The predicted octanol–water partition coefficient (Wildman–Crippen LogP) is 2.62. The first-order valence-electron chi connectivity index (χ1n) is 7.43. The second kappa shape index (κ2) is 7.27. The maximum absolute atomic E-state index is 12.2. The van der Waals surface area contributed by atoms with Gasteiger partial charge in [0.25, 0.3) is 0 Å². The van der Waals surface area contributed by atoms with Crippen LogP contribution in [0.2, 0.25) is 0 Å². The van der Waals surface area contributed by atoms with Crippen molar-refractivity contribution in [2.45, 2.75) is 33.2 Å². The quantitative estimate of drug-likeness (QED) is 0.825. The number of amides is 1. The average Bonchev–Trinajstić information content (AvgIpc) is 2.89. The molecule has 0 aromatic heterocycles. The molecule has 0 aliphatic carbocycles. The van der Waals surface area contributed by atoms with Gasteiger partial charge in [-0.15, -0.1) is 0 Å². The molecule has 1 aromatic rings. The van der Waals surface area contributed by atoms with Gasteiger partial charge in [-0.2, -0.15) is 0 Å². The fraction of sp³-hybridized carbons (Fsp3) is 0.562. The Morgan fingerprint density at radius 1 is 1.48 bits per heavy atom. The molecule has 1 aliphatic rings. The number of nitrogens with one attached hydrogen (secondary N) is 1. The van der Waals surface area contributed by atoms with Crippen LogP contribution in [0.3, 0.4) is 0 Å². The van der Waals surface area contributed by atoms with Crippen molar-refractivity contribution >= 4 is 21.8 Å². The number of fused-ring (bicyclic) bond motifs is 1. The first-order chi connectivity index (χ1) is 10.0. The zero-order valence-electron chi connectivity index (χ0n) is 12.6. The molecule has 0 radical (unpaired) electrons. The van der Waals surface area contributed by atoms with Crippen molar-refractivity contribution in [2.24, 2.45) is 17.6 Å². The van der Waals surface area contributed by atoms with Gasteiger partial charge in [0.2, 0.25) is 5.91 Å². The number of rotatable bonds is 6. The van der Waals surface area contributed by atoms with Crippen molar-refractivity contribution in [3.63, 3.8) is 0 Å². The minimum absolute atomic E-state index is 0.0259. The smallest absolute Gasteiger partial charge is 0.224 e. The van der Waals surface area contributed by atoms with Crippen LogP contribution in [-0.4, -0.2) is 19.1 Å². The Morgan fingerprint density at radius 2 is 2.24 bits per heavy atom. The Morgan fingerprint density at radius 3 is 2.90 bits per heavy atom. The van der Waals surface area contributed by atoms with Crippen LogP contribution in [0.4, 0.5) is 0 Å². The molecule has 1 atom stereocenters. The van der Waals surface area contributed by atoms with Gasteiger partial charge >= 0.3 is 0 Å². The van der Waals surface area contributed by atoms with Gasteiger partial charge in [-0.05, 0) is 30.0 Å². The molecular formula is C16H23BrN2O2. The first kappa shape index (κ1) is 16.3. The number of hydrogen-bond acceptors (Lipinski definition) is 3. The lowest BCUT2D eigenvalue weighted by molar-refractivity contribution is -0.125. The average molecular weight is 355 g/mol. The second-order valence-corrected chi connectivity index (χ2v) is 6.85. The highest BCUT2D eigenvalue weighted by Crippen LogP contribution is 2.32. The van der Waals surface area contributed by atoms with E-state index < -0.39 is 0 Å². The maximum Gasteiger partial charge on any atom is 0.224 e. The zero-order chi connectivity index (χ0) is 15.4. The lowest BCUT2D eigenvalue weighted by atomic mass is 9.96. The third kappa shape index (κ3) is 4.20. The van der Waals surface area contributed by atoms with Gasteiger partial charge in [0, 0.05) is 29.5 Å². The highest BCUT2D eigenvalue weighted by atomic mass is 79.9. The molecule has 4 nitrogen and oxygen atoms in total. The molecule has 5 heteroatoms. The van der Waals surface area contributed by atoms with Gasteiger partial charge < -0.3 is 15.8 Å². The molecule has 1 aromatic carbocycles. The summed E-state index contributed by atoms with van der Waals surface area (Å²) in [5, 5.41) is 2.99. The van der Waals surface area contributed by atoms with Crippen LogP contribution in [0.5, 0.6) is 5.75 Å². The zero-order valence-corrected chi connectivity index (χ0v) is 14.2. The maximum atomic E-state index is 12.2. The summed E-state index contributed by atoms with van der Waals surface area (Å²) in [4.78, 5) is 12.2. The molecule has 1 heterocycles. The van der Waals surface area contributed by atoms with E-state index in [4.69, 9.17) is 10.5 Å². The van der Waals surface area contributed by atoms with E-state index >= 15 is 0 Å². The van der Waals surface area contributed by atoms with Gasteiger partial charge in [0.1, 0.15) is 5.75 Å². The number of halogens is 1. The van der Waals surface area contributed by atoms with E-state index in [1.165, 1.54) is 5.56 Å². The molecule has 1 aliphatic heterocycles. The highest BCUT2D eigenvalue weighted by molar-refractivity contribution is 9.10. The van der Waals surface area contributed by atoms with Crippen LogP contribution in [0, 0.1) is 11.8 Å².